The molecule has 0 saturated carbocycles. The molecule has 1 aliphatic rings. The van der Waals surface area contributed by atoms with E-state index in [4.69, 9.17) is 10.5 Å². The molecule has 116 valence electrons. The third-order valence-electron chi connectivity index (χ3n) is 3.08. The SMILES string of the molecule is CC(N)/C=C/CCN1CCN(C(=O)OC(C)(C)C)CC1. The highest BCUT2D eigenvalue weighted by Gasteiger charge is 2.25. The van der Waals surface area contributed by atoms with Crippen molar-refractivity contribution in [3.63, 3.8) is 0 Å². The number of rotatable bonds is 4. The molecule has 1 unspecified atom stereocenters. The standard InChI is InChI=1S/C15H29N3O2/c1-13(16)7-5-6-8-17-9-11-18(12-10-17)14(19)20-15(2,3)4/h5,7,13H,6,8-12,16H2,1-4H3/b7-5+. The molecular weight excluding hydrogens is 254 g/mol. The molecule has 20 heavy (non-hydrogen) atoms. The molecule has 1 heterocycles. The highest BCUT2D eigenvalue weighted by molar-refractivity contribution is 5.68. The van der Waals surface area contributed by atoms with Crippen molar-refractivity contribution in [2.75, 3.05) is 32.7 Å². The van der Waals surface area contributed by atoms with E-state index in [2.05, 4.69) is 11.0 Å². The Labute approximate surface area is 122 Å². The first-order valence-electron chi connectivity index (χ1n) is 7.40. The Morgan fingerprint density at radius 3 is 2.40 bits per heavy atom. The van der Waals surface area contributed by atoms with Gasteiger partial charge >= 0.3 is 6.09 Å². The number of hydrogen-bond donors (Lipinski definition) is 1. The molecule has 2 N–H and O–H groups in total. The minimum atomic E-state index is -0.419. The molecule has 1 fully saturated rings. The maximum absolute atomic E-state index is 11.9. The van der Waals surface area contributed by atoms with Gasteiger partial charge in [0, 0.05) is 38.8 Å². The van der Waals surface area contributed by atoms with Crippen LogP contribution in [0, 0.1) is 0 Å². The fraction of sp³-hybridized carbons (Fsp3) is 0.800. The summed E-state index contributed by atoms with van der Waals surface area (Å²) in [6, 6.07) is 0.124. The average molecular weight is 283 g/mol. The first kappa shape index (κ1) is 17.0. The molecule has 1 saturated heterocycles. The normalized spacial score (nSPS) is 19.4. The summed E-state index contributed by atoms with van der Waals surface area (Å²) in [5.74, 6) is 0. The van der Waals surface area contributed by atoms with E-state index in [1.54, 1.807) is 4.90 Å². The highest BCUT2D eigenvalue weighted by Crippen LogP contribution is 2.12. The van der Waals surface area contributed by atoms with Crippen LogP contribution in [0.5, 0.6) is 0 Å². The van der Waals surface area contributed by atoms with Crippen LogP contribution in [0.2, 0.25) is 0 Å². The summed E-state index contributed by atoms with van der Waals surface area (Å²) in [4.78, 5) is 16.1. The number of carbonyl (C=O) groups excluding carboxylic acids is 1. The molecule has 0 aromatic rings. The number of amides is 1. The highest BCUT2D eigenvalue weighted by atomic mass is 16.6. The Bertz CT molecular complexity index is 327. The van der Waals surface area contributed by atoms with Crippen LogP contribution in [0.1, 0.15) is 34.1 Å². The van der Waals surface area contributed by atoms with E-state index < -0.39 is 5.60 Å². The van der Waals surface area contributed by atoms with Crippen molar-refractivity contribution in [3.8, 4) is 0 Å². The van der Waals surface area contributed by atoms with E-state index in [0.717, 1.165) is 39.1 Å². The van der Waals surface area contributed by atoms with Gasteiger partial charge in [-0.3, -0.25) is 4.90 Å². The summed E-state index contributed by atoms with van der Waals surface area (Å²) >= 11 is 0. The van der Waals surface area contributed by atoms with Gasteiger partial charge in [-0.2, -0.15) is 0 Å². The van der Waals surface area contributed by atoms with E-state index >= 15 is 0 Å². The van der Waals surface area contributed by atoms with Gasteiger partial charge in [-0.15, -0.1) is 0 Å². The zero-order valence-corrected chi connectivity index (χ0v) is 13.3. The lowest BCUT2D eigenvalue weighted by atomic mass is 10.2. The van der Waals surface area contributed by atoms with Crippen molar-refractivity contribution in [2.45, 2.75) is 45.8 Å². The van der Waals surface area contributed by atoms with E-state index in [0.29, 0.717) is 0 Å². The summed E-state index contributed by atoms with van der Waals surface area (Å²) in [5, 5.41) is 0. The fourth-order valence-corrected chi connectivity index (χ4v) is 2.05. The molecule has 5 heteroatoms. The maximum Gasteiger partial charge on any atom is 0.410 e. The molecule has 5 nitrogen and oxygen atoms in total. The minimum absolute atomic E-state index is 0.124. The molecule has 0 spiro atoms. The Balaban J connectivity index is 2.24. The Morgan fingerprint density at radius 1 is 1.30 bits per heavy atom. The summed E-state index contributed by atoms with van der Waals surface area (Å²) in [7, 11) is 0. The van der Waals surface area contributed by atoms with Crippen LogP contribution in [0.15, 0.2) is 12.2 Å². The molecule has 0 aromatic carbocycles. The molecule has 0 bridgehead atoms. The second kappa shape index (κ2) is 7.64. The zero-order chi connectivity index (χ0) is 15.2. The quantitative estimate of drug-likeness (QED) is 0.800. The molecular formula is C15H29N3O2. The van der Waals surface area contributed by atoms with Crippen LogP contribution < -0.4 is 5.73 Å². The van der Waals surface area contributed by atoms with Gasteiger partial charge < -0.3 is 15.4 Å². The van der Waals surface area contributed by atoms with E-state index in [1.165, 1.54) is 0 Å². The van der Waals surface area contributed by atoms with Gasteiger partial charge in [-0.1, -0.05) is 12.2 Å². The monoisotopic (exact) mass is 283 g/mol. The van der Waals surface area contributed by atoms with Crippen molar-refractivity contribution in [1.82, 2.24) is 9.80 Å². The van der Waals surface area contributed by atoms with Gasteiger partial charge in [0.25, 0.3) is 0 Å². The lowest BCUT2D eigenvalue weighted by Gasteiger charge is -2.35. The van der Waals surface area contributed by atoms with Gasteiger partial charge in [0.15, 0.2) is 0 Å². The number of ether oxygens (including phenoxy) is 1. The molecule has 1 aliphatic heterocycles. The van der Waals surface area contributed by atoms with Crippen molar-refractivity contribution in [1.29, 1.82) is 0 Å². The van der Waals surface area contributed by atoms with Crippen LogP contribution in [0.4, 0.5) is 4.79 Å². The average Bonchev–Trinajstić information content (AvgIpc) is 2.33. The van der Waals surface area contributed by atoms with Crippen LogP contribution in [-0.4, -0.2) is 60.3 Å². The van der Waals surface area contributed by atoms with Crippen molar-refractivity contribution in [2.24, 2.45) is 5.73 Å². The fourth-order valence-electron chi connectivity index (χ4n) is 2.05. The van der Waals surface area contributed by atoms with Gasteiger partial charge in [-0.25, -0.2) is 4.79 Å². The van der Waals surface area contributed by atoms with Crippen molar-refractivity contribution in [3.05, 3.63) is 12.2 Å². The smallest absolute Gasteiger partial charge is 0.410 e. The van der Waals surface area contributed by atoms with Crippen LogP contribution in [0.3, 0.4) is 0 Å². The van der Waals surface area contributed by atoms with E-state index in [1.807, 2.05) is 33.8 Å². The third-order valence-corrected chi connectivity index (χ3v) is 3.08. The molecule has 0 aliphatic carbocycles. The number of piperazine rings is 1. The van der Waals surface area contributed by atoms with E-state index in [-0.39, 0.29) is 12.1 Å². The Morgan fingerprint density at radius 2 is 1.90 bits per heavy atom. The summed E-state index contributed by atoms with van der Waals surface area (Å²) < 4.78 is 5.38. The number of carbonyl (C=O) groups is 1. The summed E-state index contributed by atoms with van der Waals surface area (Å²) in [6.45, 7) is 12.0. The van der Waals surface area contributed by atoms with E-state index in [9.17, 15) is 4.79 Å². The number of nitrogens with two attached hydrogens (primary N) is 1. The predicted molar refractivity (Wildman–Crippen MR) is 81.7 cm³/mol. The first-order valence-corrected chi connectivity index (χ1v) is 7.40. The topological polar surface area (TPSA) is 58.8 Å². The van der Waals surface area contributed by atoms with Gasteiger partial charge in [0.1, 0.15) is 5.60 Å². The first-order chi connectivity index (χ1) is 9.28. The molecule has 0 radical (unpaired) electrons. The summed E-state index contributed by atoms with van der Waals surface area (Å²) in [5.41, 5.74) is 5.24. The van der Waals surface area contributed by atoms with Gasteiger partial charge in [-0.05, 0) is 34.1 Å². The van der Waals surface area contributed by atoms with Crippen molar-refractivity contribution < 1.29 is 9.53 Å². The number of nitrogens with zero attached hydrogens (tertiary/aromatic N) is 2. The van der Waals surface area contributed by atoms with Gasteiger partial charge in [0.2, 0.25) is 0 Å². The summed E-state index contributed by atoms with van der Waals surface area (Å²) in [6.07, 6.45) is 4.96. The molecule has 0 aromatic heterocycles. The Kier molecular flexibility index (Phi) is 6.49. The second-order valence-electron chi connectivity index (χ2n) is 6.38. The van der Waals surface area contributed by atoms with Crippen LogP contribution >= 0.6 is 0 Å². The molecule has 1 rings (SSSR count). The van der Waals surface area contributed by atoms with Crippen molar-refractivity contribution >= 4 is 6.09 Å². The van der Waals surface area contributed by atoms with Crippen LogP contribution in [-0.2, 0) is 4.74 Å². The lowest BCUT2D eigenvalue weighted by Crippen LogP contribution is -2.50. The molecule has 1 amide bonds. The lowest BCUT2D eigenvalue weighted by molar-refractivity contribution is 0.0146. The number of hydrogen-bond acceptors (Lipinski definition) is 4. The Hall–Kier alpha value is -1.07. The van der Waals surface area contributed by atoms with Gasteiger partial charge in [0.05, 0.1) is 0 Å². The second-order valence-corrected chi connectivity index (χ2v) is 6.38. The minimum Gasteiger partial charge on any atom is -0.444 e. The molecule has 1 atom stereocenters. The zero-order valence-electron chi connectivity index (χ0n) is 13.3. The predicted octanol–water partition coefficient (Wildman–Crippen LogP) is 1.83. The third kappa shape index (κ3) is 6.91. The van der Waals surface area contributed by atoms with Crippen LogP contribution in [0.25, 0.3) is 0 Å². The maximum atomic E-state index is 11.9. The largest absolute Gasteiger partial charge is 0.444 e.